The number of hydrogen-bond donors (Lipinski definition) is 1. The lowest BCUT2D eigenvalue weighted by atomic mass is 10.1. The molecule has 2 aromatic rings. The van der Waals surface area contributed by atoms with Gasteiger partial charge in [-0.3, -0.25) is 4.79 Å². The van der Waals surface area contributed by atoms with E-state index in [1.54, 1.807) is 0 Å². The van der Waals surface area contributed by atoms with E-state index in [0.717, 1.165) is 17.7 Å². The number of carbonyl (C=O) groups excluding carboxylic acids is 1. The maximum atomic E-state index is 12.2. The van der Waals surface area contributed by atoms with Crippen LogP contribution in [-0.2, 0) is 11.3 Å². The van der Waals surface area contributed by atoms with Crippen LogP contribution >= 0.6 is 11.6 Å². The third-order valence-electron chi connectivity index (χ3n) is 3.71. The van der Waals surface area contributed by atoms with Gasteiger partial charge in [-0.2, -0.15) is 0 Å². The number of carbonyl (C=O) groups is 1. The van der Waals surface area contributed by atoms with E-state index in [-0.39, 0.29) is 5.91 Å². The lowest BCUT2D eigenvalue weighted by molar-refractivity contribution is -0.116. The van der Waals surface area contributed by atoms with Gasteiger partial charge in [-0.15, -0.1) is 0 Å². The molecule has 0 saturated carbocycles. The molecule has 4 heteroatoms. The number of nitrogens with one attached hydrogen (secondary N) is 1. The van der Waals surface area contributed by atoms with E-state index >= 15 is 0 Å². The van der Waals surface area contributed by atoms with Crippen molar-refractivity contribution in [2.24, 2.45) is 0 Å². The van der Waals surface area contributed by atoms with E-state index in [1.807, 2.05) is 51.2 Å². The Morgan fingerprint density at radius 2 is 1.87 bits per heavy atom. The van der Waals surface area contributed by atoms with Crippen molar-refractivity contribution in [1.82, 2.24) is 4.90 Å². The number of hydrogen-bond acceptors (Lipinski definition) is 2. The van der Waals surface area contributed by atoms with Crippen molar-refractivity contribution in [3.05, 3.63) is 64.2 Å². The first-order valence-electron chi connectivity index (χ1n) is 7.75. The van der Waals surface area contributed by atoms with Gasteiger partial charge >= 0.3 is 0 Å². The zero-order chi connectivity index (χ0) is 16.8. The second-order valence-electron chi connectivity index (χ2n) is 5.96. The van der Waals surface area contributed by atoms with Gasteiger partial charge in [-0.1, -0.05) is 48.0 Å². The Labute approximate surface area is 143 Å². The number of anilines is 1. The minimum atomic E-state index is -0.0150. The first-order chi connectivity index (χ1) is 11.0. The van der Waals surface area contributed by atoms with Crippen LogP contribution in [0.1, 0.15) is 23.1 Å². The van der Waals surface area contributed by atoms with Gasteiger partial charge in [0.15, 0.2) is 0 Å². The Kier molecular flexibility index (Phi) is 6.20. The molecule has 0 aliphatic carbocycles. The summed E-state index contributed by atoms with van der Waals surface area (Å²) in [7, 11) is 2.02. The second-order valence-corrected chi connectivity index (χ2v) is 6.37. The number of aryl methyl sites for hydroxylation is 2. The van der Waals surface area contributed by atoms with Gasteiger partial charge < -0.3 is 10.2 Å². The molecule has 0 fully saturated rings. The predicted molar refractivity (Wildman–Crippen MR) is 96.9 cm³/mol. The summed E-state index contributed by atoms with van der Waals surface area (Å²) in [6, 6.07) is 14.1. The monoisotopic (exact) mass is 330 g/mol. The summed E-state index contributed by atoms with van der Waals surface area (Å²) >= 11 is 6.22. The summed E-state index contributed by atoms with van der Waals surface area (Å²) in [6.45, 7) is 5.47. The highest BCUT2D eigenvalue weighted by atomic mass is 35.5. The quantitative estimate of drug-likeness (QED) is 0.850. The molecule has 0 unspecified atom stereocenters. The van der Waals surface area contributed by atoms with Crippen molar-refractivity contribution in [1.29, 1.82) is 0 Å². The normalized spacial score (nSPS) is 10.8. The van der Waals surface area contributed by atoms with Gasteiger partial charge in [-0.05, 0) is 43.7 Å². The highest BCUT2D eigenvalue weighted by Crippen LogP contribution is 2.27. The highest BCUT2D eigenvalue weighted by molar-refractivity contribution is 6.34. The molecule has 0 spiro atoms. The van der Waals surface area contributed by atoms with Crippen LogP contribution in [0.5, 0.6) is 0 Å². The molecule has 0 heterocycles. The van der Waals surface area contributed by atoms with Crippen molar-refractivity contribution in [3.8, 4) is 0 Å². The molecule has 2 rings (SSSR count). The van der Waals surface area contributed by atoms with E-state index in [2.05, 4.69) is 22.3 Å². The molecule has 23 heavy (non-hydrogen) atoms. The molecule has 122 valence electrons. The highest BCUT2D eigenvalue weighted by Gasteiger charge is 2.10. The Bertz CT molecular complexity index is 647. The van der Waals surface area contributed by atoms with Gasteiger partial charge in [0, 0.05) is 19.5 Å². The van der Waals surface area contributed by atoms with Crippen molar-refractivity contribution in [2.75, 3.05) is 18.9 Å². The van der Waals surface area contributed by atoms with Crippen molar-refractivity contribution in [2.45, 2.75) is 26.8 Å². The summed E-state index contributed by atoms with van der Waals surface area (Å²) < 4.78 is 0. The van der Waals surface area contributed by atoms with Crippen molar-refractivity contribution in [3.63, 3.8) is 0 Å². The molecule has 0 radical (unpaired) electrons. The second kappa shape index (κ2) is 8.14. The van der Waals surface area contributed by atoms with Crippen molar-refractivity contribution < 1.29 is 4.79 Å². The third kappa shape index (κ3) is 5.38. The lowest BCUT2D eigenvalue weighted by Gasteiger charge is -2.17. The molecule has 3 nitrogen and oxygen atoms in total. The number of halogens is 1. The van der Waals surface area contributed by atoms with Crippen LogP contribution in [0, 0.1) is 13.8 Å². The van der Waals surface area contributed by atoms with Crippen molar-refractivity contribution >= 4 is 23.2 Å². The average molecular weight is 331 g/mol. The van der Waals surface area contributed by atoms with E-state index in [1.165, 1.54) is 5.56 Å². The van der Waals surface area contributed by atoms with Crippen LogP contribution < -0.4 is 5.32 Å². The Hall–Kier alpha value is -1.84. The molecule has 0 saturated heterocycles. The van der Waals surface area contributed by atoms with Crippen LogP contribution in [0.3, 0.4) is 0 Å². The zero-order valence-corrected chi connectivity index (χ0v) is 14.7. The maximum absolute atomic E-state index is 12.2. The van der Waals surface area contributed by atoms with Crippen LogP contribution in [-0.4, -0.2) is 24.4 Å². The standard InChI is InChI=1S/C19H23ClN2O/c1-14-11-15(2)19(17(20)12-14)21-18(23)9-10-22(3)13-16-7-5-4-6-8-16/h4-8,11-12H,9-10,13H2,1-3H3,(H,21,23). The fourth-order valence-electron chi connectivity index (χ4n) is 2.54. The van der Waals surface area contributed by atoms with E-state index in [9.17, 15) is 4.79 Å². The minimum Gasteiger partial charge on any atom is -0.325 e. The van der Waals surface area contributed by atoms with Crippen LogP contribution in [0.15, 0.2) is 42.5 Å². The lowest BCUT2D eigenvalue weighted by Crippen LogP contribution is -2.24. The van der Waals surface area contributed by atoms with Crippen LogP contribution in [0.2, 0.25) is 5.02 Å². The Morgan fingerprint density at radius 3 is 2.52 bits per heavy atom. The molecule has 2 aromatic carbocycles. The number of benzene rings is 2. The molecule has 1 N–H and O–H groups in total. The summed E-state index contributed by atoms with van der Waals surface area (Å²) in [5, 5.41) is 3.52. The van der Waals surface area contributed by atoms with Gasteiger partial charge in [0.25, 0.3) is 0 Å². The smallest absolute Gasteiger partial charge is 0.225 e. The summed E-state index contributed by atoms with van der Waals surface area (Å²) in [5.74, 6) is -0.0150. The maximum Gasteiger partial charge on any atom is 0.225 e. The number of amides is 1. The predicted octanol–water partition coefficient (Wildman–Crippen LogP) is 4.42. The molecule has 0 bridgehead atoms. The largest absolute Gasteiger partial charge is 0.325 e. The molecule has 0 aliphatic heterocycles. The van der Waals surface area contributed by atoms with E-state index in [0.29, 0.717) is 23.7 Å². The van der Waals surface area contributed by atoms with Gasteiger partial charge in [0.1, 0.15) is 0 Å². The Balaban J connectivity index is 1.86. The molecular formula is C19H23ClN2O. The molecule has 0 aliphatic rings. The van der Waals surface area contributed by atoms with Crippen LogP contribution in [0.4, 0.5) is 5.69 Å². The molecule has 0 atom stereocenters. The number of rotatable bonds is 6. The molecular weight excluding hydrogens is 308 g/mol. The Morgan fingerprint density at radius 1 is 1.17 bits per heavy atom. The minimum absolute atomic E-state index is 0.0150. The zero-order valence-electron chi connectivity index (χ0n) is 13.9. The van der Waals surface area contributed by atoms with Gasteiger partial charge in [0.2, 0.25) is 5.91 Å². The topological polar surface area (TPSA) is 32.3 Å². The van der Waals surface area contributed by atoms with Gasteiger partial charge in [0.05, 0.1) is 10.7 Å². The van der Waals surface area contributed by atoms with Gasteiger partial charge in [-0.25, -0.2) is 0 Å². The number of nitrogens with zero attached hydrogens (tertiary/aromatic N) is 1. The van der Waals surface area contributed by atoms with Crippen LogP contribution in [0.25, 0.3) is 0 Å². The SMILES string of the molecule is Cc1cc(C)c(NC(=O)CCN(C)Cc2ccccc2)c(Cl)c1. The molecule has 1 amide bonds. The first-order valence-corrected chi connectivity index (χ1v) is 8.12. The molecule has 0 aromatic heterocycles. The summed E-state index contributed by atoms with van der Waals surface area (Å²) in [4.78, 5) is 14.3. The fraction of sp³-hybridized carbons (Fsp3) is 0.316. The van der Waals surface area contributed by atoms with E-state index in [4.69, 9.17) is 11.6 Å². The summed E-state index contributed by atoms with van der Waals surface area (Å²) in [5.41, 5.74) is 4.04. The van der Waals surface area contributed by atoms with E-state index < -0.39 is 0 Å². The third-order valence-corrected chi connectivity index (χ3v) is 4.01. The summed E-state index contributed by atoms with van der Waals surface area (Å²) in [6.07, 6.45) is 0.437. The fourth-order valence-corrected chi connectivity index (χ4v) is 2.91. The average Bonchev–Trinajstić information content (AvgIpc) is 2.50. The first kappa shape index (κ1) is 17.5.